The maximum Gasteiger partial charge on any atom is 0.220 e. The van der Waals surface area contributed by atoms with Gasteiger partial charge in [-0.15, -0.1) is 0 Å². The molecule has 0 aliphatic rings. The summed E-state index contributed by atoms with van der Waals surface area (Å²) in [7, 11) is 1.63. The van der Waals surface area contributed by atoms with Crippen molar-refractivity contribution in [2.75, 3.05) is 7.11 Å². The van der Waals surface area contributed by atoms with Crippen LogP contribution in [0.3, 0.4) is 0 Å². The van der Waals surface area contributed by atoms with Crippen molar-refractivity contribution in [3.05, 3.63) is 48.2 Å². The van der Waals surface area contributed by atoms with Crippen LogP contribution in [0.1, 0.15) is 17.7 Å². The minimum Gasteiger partial charge on any atom is -0.496 e. The quantitative estimate of drug-likeness (QED) is 0.862. The van der Waals surface area contributed by atoms with Crippen molar-refractivity contribution in [1.82, 2.24) is 10.3 Å². The van der Waals surface area contributed by atoms with E-state index in [9.17, 15) is 4.79 Å². The van der Waals surface area contributed by atoms with Gasteiger partial charge in [0.05, 0.1) is 19.3 Å². The third-order valence-corrected chi connectivity index (χ3v) is 2.76. The second-order valence-corrected chi connectivity index (χ2v) is 4.07. The van der Waals surface area contributed by atoms with E-state index in [0.29, 0.717) is 25.1 Å². The molecule has 5 heteroatoms. The van der Waals surface area contributed by atoms with Gasteiger partial charge in [0.2, 0.25) is 5.91 Å². The molecule has 0 fully saturated rings. The average molecular weight is 260 g/mol. The van der Waals surface area contributed by atoms with Gasteiger partial charge in [0.1, 0.15) is 12.0 Å². The van der Waals surface area contributed by atoms with Crippen LogP contribution in [0.5, 0.6) is 5.75 Å². The van der Waals surface area contributed by atoms with E-state index in [4.69, 9.17) is 9.15 Å². The lowest BCUT2D eigenvalue weighted by molar-refractivity contribution is -0.121. The molecule has 0 atom stereocenters. The summed E-state index contributed by atoms with van der Waals surface area (Å²) in [5.74, 6) is 0.792. The summed E-state index contributed by atoms with van der Waals surface area (Å²) in [6, 6.07) is 7.70. The summed E-state index contributed by atoms with van der Waals surface area (Å²) >= 11 is 0. The van der Waals surface area contributed by atoms with Crippen LogP contribution in [0, 0.1) is 0 Å². The number of oxazole rings is 1. The molecule has 1 aromatic heterocycles. The Hall–Kier alpha value is -2.30. The van der Waals surface area contributed by atoms with E-state index in [0.717, 1.165) is 11.3 Å². The van der Waals surface area contributed by atoms with Gasteiger partial charge >= 0.3 is 0 Å². The van der Waals surface area contributed by atoms with Crippen LogP contribution in [0.15, 0.2) is 41.3 Å². The molecule has 100 valence electrons. The SMILES string of the molecule is COc1ccccc1CCC(=O)NCc1cocn1. The third kappa shape index (κ3) is 3.84. The van der Waals surface area contributed by atoms with Crippen LogP contribution in [-0.2, 0) is 17.8 Å². The van der Waals surface area contributed by atoms with Gasteiger partial charge in [0.25, 0.3) is 0 Å². The number of carbonyl (C=O) groups excluding carboxylic acids is 1. The number of hydrogen-bond donors (Lipinski definition) is 1. The van der Waals surface area contributed by atoms with E-state index in [1.54, 1.807) is 7.11 Å². The van der Waals surface area contributed by atoms with E-state index in [1.807, 2.05) is 24.3 Å². The lowest BCUT2D eigenvalue weighted by Gasteiger charge is -2.08. The molecule has 0 spiro atoms. The number of rotatable bonds is 6. The number of aryl methyl sites for hydroxylation is 1. The van der Waals surface area contributed by atoms with Crippen molar-refractivity contribution >= 4 is 5.91 Å². The fourth-order valence-corrected chi connectivity index (χ4v) is 1.76. The molecule has 19 heavy (non-hydrogen) atoms. The van der Waals surface area contributed by atoms with Crippen LogP contribution in [-0.4, -0.2) is 18.0 Å². The molecule has 0 bridgehead atoms. The molecule has 2 rings (SSSR count). The summed E-state index contributed by atoms with van der Waals surface area (Å²) in [6.45, 7) is 0.390. The Morgan fingerprint density at radius 1 is 1.42 bits per heavy atom. The fourth-order valence-electron chi connectivity index (χ4n) is 1.76. The Morgan fingerprint density at radius 2 is 2.26 bits per heavy atom. The second kappa shape index (κ2) is 6.58. The molecule has 1 heterocycles. The maximum atomic E-state index is 11.7. The van der Waals surface area contributed by atoms with Gasteiger partial charge in [-0.3, -0.25) is 4.79 Å². The highest BCUT2D eigenvalue weighted by Crippen LogP contribution is 2.18. The minimum absolute atomic E-state index is 0.0195. The molecule has 1 aromatic carbocycles. The number of benzene rings is 1. The molecular formula is C14H16N2O3. The van der Waals surface area contributed by atoms with Crippen LogP contribution < -0.4 is 10.1 Å². The van der Waals surface area contributed by atoms with Crippen LogP contribution in [0.25, 0.3) is 0 Å². The molecule has 1 amide bonds. The summed E-state index contributed by atoms with van der Waals surface area (Å²) < 4.78 is 10.1. The molecule has 1 N–H and O–H groups in total. The van der Waals surface area contributed by atoms with E-state index >= 15 is 0 Å². The van der Waals surface area contributed by atoms with Crippen molar-refractivity contribution < 1.29 is 13.9 Å². The highest BCUT2D eigenvalue weighted by Gasteiger charge is 2.06. The maximum absolute atomic E-state index is 11.7. The van der Waals surface area contributed by atoms with E-state index < -0.39 is 0 Å². The normalized spacial score (nSPS) is 10.2. The predicted octanol–water partition coefficient (Wildman–Crippen LogP) is 1.93. The zero-order valence-corrected chi connectivity index (χ0v) is 10.8. The molecule has 0 aliphatic heterocycles. The van der Waals surface area contributed by atoms with Gasteiger partial charge in [0.15, 0.2) is 6.39 Å². The van der Waals surface area contributed by atoms with Gasteiger partial charge in [-0.05, 0) is 18.1 Å². The lowest BCUT2D eigenvalue weighted by atomic mass is 10.1. The lowest BCUT2D eigenvalue weighted by Crippen LogP contribution is -2.23. The summed E-state index contributed by atoms with van der Waals surface area (Å²) in [4.78, 5) is 15.6. The molecule has 0 unspecified atom stereocenters. The first-order valence-corrected chi connectivity index (χ1v) is 6.05. The number of ether oxygens (including phenoxy) is 1. The Kier molecular flexibility index (Phi) is 4.55. The van der Waals surface area contributed by atoms with Crippen LogP contribution in [0.4, 0.5) is 0 Å². The molecule has 5 nitrogen and oxygen atoms in total. The Bertz CT molecular complexity index is 523. The van der Waals surface area contributed by atoms with Crippen molar-refractivity contribution in [3.63, 3.8) is 0 Å². The van der Waals surface area contributed by atoms with Crippen molar-refractivity contribution in [3.8, 4) is 5.75 Å². The molecular weight excluding hydrogens is 244 g/mol. The van der Waals surface area contributed by atoms with Gasteiger partial charge in [-0.25, -0.2) is 4.98 Å². The number of aromatic nitrogens is 1. The topological polar surface area (TPSA) is 64.4 Å². The first-order chi connectivity index (χ1) is 9.29. The fraction of sp³-hybridized carbons (Fsp3) is 0.286. The number of para-hydroxylation sites is 1. The van der Waals surface area contributed by atoms with Gasteiger partial charge < -0.3 is 14.5 Å². The van der Waals surface area contributed by atoms with Crippen molar-refractivity contribution in [2.45, 2.75) is 19.4 Å². The Balaban J connectivity index is 1.80. The number of carbonyl (C=O) groups is 1. The highest BCUT2D eigenvalue weighted by atomic mass is 16.5. The predicted molar refractivity (Wildman–Crippen MR) is 69.7 cm³/mol. The number of nitrogens with one attached hydrogen (secondary N) is 1. The number of nitrogens with zero attached hydrogens (tertiary/aromatic N) is 1. The Morgan fingerprint density at radius 3 is 3.00 bits per heavy atom. The first kappa shape index (κ1) is 13.1. The third-order valence-electron chi connectivity index (χ3n) is 2.76. The van der Waals surface area contributed by atoms with Gasteiger partial charge in [-0.2, -0.15) is 0 Å². The minimum atomic E-state index is -0.0195. The summed E-state index contributed by atoms with van der Waals surface area (Å²) in [6.07, 6.45) is 3.92. The molecule has 0 saturated heterocycles. The molecule has 0 saturated carbocycles. The second-order valence-electron chi connectivity index (χ2n) is 4.07. The van der Waals surface area contributed by atoms with E-state index in [-0.39, 0.29) is 5.91 Å². The molecule has 0 aliphatic carbocycles. The first-order valence-electron chi connectivity index (χ1n) is 6.05. The number of hydrogen-bond acceptors (Lipinski definition) is 4. The highest BCUT2D eigenvalue weighted by molar-refractivity contribution is 5.76. The van der Waals surface area contributed by atoms with Crippen molar-refractivity contribution in [2.24, 2.45) is 0 Å². The zero-order valence-electron chi connectivity index (χ0n) is 10.8. The number of amides is 1. The molecule has 0 radical (unpaired) electrons. The summed E-state index contributed by atoms with van der Waals surface area (Å²) in [5.41, 5.74) is 1.74. The zero-order chi connectivity index (χ0) is 13.5. The van der Waals surface area contributed by atoms with Crippen LogP contribution >= 0.6 is 0 Å². The standard InChI is InChI=1S/C14H16N2O3/c1-18-13-5-3-2-4-11(13)6-7-14(17)15-8-12-9-19-10-16-12/h2-5,9-10H,6-8H2,1H3,(H,15,17). The smallest absolute Gasteiger partial charge is 0.220 e. The van der Waals surface area contributed by atoms with E-state index in [2.05, 4.69) is 10.3 Å². The monoisotopic (exact) mass is 260 g/mol. The van der Waals surface area contributed by atoms with Crippen LogP contribution in [0.2, 0.25) is 0 Å². The van der Waals surface area contributed by atoms with Gasteiger partial charge in [-0.1, -0.05) is 18.2 Å². The van der Waals surface area contributed by atoms with Gasteiger partial charge in [0, 0.05) is 6.42 Å². The summed E-state index contributed by atoms with van der Waals surface area (Å²) in [5, 5.41) is 2.79. The molecule has 2 aromatic rings. The number of methoxy groups -OCH3 is 1. The van der Waals surface area contributed by atoms with Crippen molar-refractivity contribution in [1.29, 1.82) is 0 Å². The largest absolute Gasteiger partial charge is 0.496 e. The average Bonchev–Trinajstić information content (AvgIpc) is 2.96. The van der Waals surface area contributed by atoms with E-state index in [1.165, 1.54) is 12.7 Å². The Labute approximate surface area is 111 Å².